The van der Waals surface area contributed by atoms with Gasteiger partial charge in [-0.25, -0.2) is 0 Å². The second-order valence-corrected chi connectivity index (χ2v) is 4.92. The number of alkyl halides is 3. The molecule has 1 atom stereocenters. The van der Waals surface area contributed by atoms with Crippen molar-refractivity contribution in [3.05, 3.63) is 65.5 Å². The number of pyridine rings is 1. The molecule has 0 bridgehead atoms. The zero-order valence-electron chi connectivity index (χ0n) is 11.9. The quantitative estimate of drug-likeness (QED) is 0.939. The molecule has 0 aliphatic heterocycles. The van der Waals surface area contributed by atoms with E-state index in [1.165, 1.54) is 12.1 Å². The van der Waals surface area contributed by atoms with Gasteiger partial charge in [-0.2, -0.15) is 13.2 Å². The fourth-order valence-corrected chi connectivity index (χ4v) is 2.04. The lowest BCUT2D eigenvalue weighted by Gasteiger charge is -2.14. The largest absolute Gasteiger partial charge is 0.416 e. The van der Waals surface area contributed by atoms with Crippen LogP contribution in [0, 0.1) is 0 Å². The predicted molar refractivity (Wildman–Crippen MR) is 75.9 cm³/mol. The molecule has 0 spiro atoms. The smallest absolute Gasteiger partial charge is 0.348 e. The summed E-state index contributed by atoms with van der Waals surface area (Å²) < 4.78 is 37.9. The summed E-state index contributed by atoms with van der Waals surface area (Å²) in [5.74, 6) is -0.350. The third-order valence-electron chi connectivity index (χ3n) is 3.13. The van der Waals surface area contributed by atoms with E-state index in [9.17, 15) is 18.0 Å². The second kappa shape index (κ2) is 6.60. The van der Waals surface area contributed by atoms with Crippen molar-refractivity contribution >= 4 is 5.91 Å². The van der Waals surface area contributed by atoms with Crippen LogP contribution in [-0.4, -0.2) is 10.9 Å². The first-order valence-electron chi connectivity index (χ1n) is 6.72. The number of benzene rings is 1. The van der Waals surface area contributed by atoms with Crippen LogP contribution in [-0.2, 0) is 17.4 Å². The van der Waals surface area contributed by atoms with Gasteiger partial charge in [0.2, 0.25) is 5.91 Å². The summed E-state index contributed by atoms with van der Waals surface area (Å²) in [7, 11) is 0. The molecule has 6 heteroatoms. The highest BCUT2D eigenvalue weighted by Crippen LogP contribution is 2.29. The van der Waals surface area contributed by atoms with E-state index in [0.29, 0.717) is 11.3 Å². The Labute approximate surface area is 126 Å². The monoisotopic (exact) mass is 308 g/mol. The fraction of sp³-hybridized carbons (Fsp3) is 0.250. The van der Waals surface area contributed by atoms with Crippen molar-refractivity contribution in [3.8, 4) is 0 Å². The molecule has 1 heterocycles. The number of nitrogens with zero attached hydrogens (tertiary/aromatic N) is 1. The van der Waals surface area contributed by atoms with Gasteiger partial charge in [0.25, 0.3) is 0 Å². The molecule has 1 N–H and O–H groups in total. The van der Waals surface area contributed by atoms with Crippen LogP contribution in [0.3, 0.4) is 0 Å². The summed E-state index contributed by atoms with van der Waals surface area (Å²) in [6, 6.07) is 9.81. The van der Waals surface area contributed by atoms with Crippen molar-refractivity contribution in [1.29, 1.82) is 0 Å². The Hall–Kier alpha value is -2.37. The van der Waals surface area contributed by atoms with Gasteiger partial charge in [0.1, 0.15) is 0 Å². The van der Waals surface area contributed by atoms with Crippen LogP contribution in [0.5, 0.6) is 0 Å². The van der Waals surface area contributed by atoms with Gasteiger partial charge in [0.05, 0.1) is 23.7 Å². The number of carbonyl (C=O) groups is 1. The summed E-state index contributed by atoms with van der Waals surface area (Å²) in [6.45, 7) is 1.77. The van der Waals surface area contributed by atoms with E-state index >= 15 is 0 Å². The van der Waals surface area contributed by atoms with Crippen molar-refractivity contribution in [2.75, 3.05) is 0 Å². The first-order valence-corrected chi connectivity index (χ1v) is 6.72. The van der Waals surface area contributed by atoms with Gasteiger partial charge in [-0.05, 0) is 30.7 Å². The summed E-state index contributed by atoms with van der Waals surface area (Å²) in [4.78, 5) is 16.1. The SMILES string of the molecule is C[C@@H](NC(=O)Cc1cccc(C(F)(F)F)c1)c1ccccn1. The molecule has 0 aliphatic carbocycles. The molecule has 0 saturated carbocycles. The first-order chi connectivity index (χ1) is 10.4. The molecule has 1 aromatic heterocycles. The number of rotatable bonds is 4. The lowest BCUT2D eigenvalue weighted by molar-refractivity contribution is -0.137. The van der Waals surface area contributed by atoms with E-state index in [-0.39, 0.29) is 18.4 Å². The molecule has 0 unspecified atom stereocenters. The fourth-order valence-electron chi connectivity index (χ4n) is 2.04. The Morgan fingerprint density at radius 1 is 1.23 bits per heavy atom. The van der Waals surface area contributed by atoms with Crippen molar-refractivity contribution in [2.45, 2.75) is 25.6 Å². The molecule has 22 heavy (non-hydrogen) atoms. The minimum atomic E-state index is -4.41. The Bertz CT molecular complexity index is 641. The molecule has 0 saturated heterocycles. The van der Waals surface area contributed by atoms with E-state index < -0.39 is 11.7 Å². The van der Waals surface area contributed by atoms with Crippen molar-refractivity contribution < 1.29 is 18.0 Å². The average molecular weight is 308 g/mol. The number of hydrogen-bond donors (Lipinski definition) is 1. The topological polar surface area (TPSA) is 42.0 Å². The Kier molecular flexibility index (Phi) is 4.80. The molecule has 0 radical (unpaired) electrons. The van der Waals surface area contributed by atoms with E-state index in [2.05, 4.69) is 10.3 Å². The van der Waals surface area contributed by atoms with E-state index in [4.69, 9.17) is 0 Å². The summed E-state index contributed by atoms with van der Waals surface area (Å²) in [6.07, 6.45) is -2.90. The lowest BCUT2D eigenvalue weighted by atomic mass is 10.1. The Morgan fingerprint density at radius 2 is 2.00 bits per heavy atom. The van der Waals surface area contributed by atoms with E-state index in [0.717, 1.165) is 12.1 Å². The third-order valence-corrected chi connectivity index (χ3v) is 3.13. The van der Waals surface area contributed by atoms with Crippen LogP contribution in [0.2, 0.25) is 0 Å². The molecule has 3 nitrogen and oxygen atoms in total. The number of halogens is 3. The zero-order chi connectivity index (χ0) is 16.2. The van der Waals surface area contributed by atoms with Gasteiger partial charge in [-0.1, -0.05) is 24.3 Å². The average Bonchev–Trinajstić information content (AvgIpc) is 2.47. The Balaban J connectivity index is 2.01. The van der Waals surface area contributed by atoms with Gasteiger partial charge in [0, 0.05) is 6.20 Å². The molecule has 0 fully saturated rings. The molecule has 2 rings (SSSR count). The standard InChI is InChI=1S/C16H15F3N2O/c1-11(14-7-2-3-8-20-14)21-15(22)10-12-5-4-6-13(9-12)16(17,18)19/h2-9,11H,10H2,1H3,(H,21,22)/t11-/m1/s1. The van der Waals surface area contributed by atoms with Crippen molar-refractivity contribution in [3.63, 3.8) is 0 Å². The number of nitrogens with one attached hydrogen (secondary N) is 1. The summed E-state index contributed by atoms with van der Waals surface area (Å²) >= 11 is 0. The van der Waals surface area contributed by atoms with Gasteiger partial charge in [0.15, 0.2) is 0 Å². The van der Waals surface area contributed by atoms with Gasteiger partial charge < -0.3 is 5.32 Å². The maximum Gasteiger partial charge on any atom is 0.416 e. The normalized spacial score (nSPS) is 12.7. The van der Waals surface area contributed by atoms with Gasteiger partial charge >= 0.3 is 6.18 Å². The highest BCUT2D eigenvalue weighted by molar-refractivity contribution is 5.79. The summed E-state index contributed by atoms with van der Waals surface area (Å²) in [5, 5.41) is 2.72. The third kappa shape index (κ3) is 4.31. The molecule has 1 amide bonds. The van der Waals surface area contributed by atoms with Crippen LogP contribution in [0.1, 0.15) is 29.8 Å². The van der Waals surface area contributed by atoms with Crippen LogP contribution in [0.25, 0.3) is 0 Å². The molecule has 0 aliphatic rings. The van der Waals surface area contributed by atoms with Crippen LogP contribution in [0.15, 0.2) is 48.7 Å². The number of amides is 1. The predicted octanol–water partition coefficient (Wildman–Crippen LogP) is 3.52. The molecule has 1 aromatic carbocycles. The molecule has 2 aromatic rings. The Morgan fingerprint density at radius 3 is 2.64 bits per heavy atom. The number of carbonyl (C=O) groups excluding carboxylic acids is 1. The van der Waals surface area contributed by atoms with Crippen LogP contribution >= 0.6 is 0 Å². The van der Waals surface area contributed by atoms with Crippen LogP contribution < -0.4 is 5.32 Å². The molecular formula is C16H15F3N2O. The summed E-state index contributed by atoms with van der Waals surface area (Å²) in [5.41, 5.74) is 0.260. The highest BCUT2D eigenvalue weighted by atomic mass is 19.4. The molecule has 116 valence electrons. The lowest BCUT2D eigenvalue weighted by Crippen LogP contribution is -2.28. The zero-order valence-corrected chi connectivity index (χ0v) is 11.9. The second-order valence-electron chi connectivity index (χ2n) is 4.92. The minimum absolute atomic E-state index is 0.110. The van der Waals surface area contributed by atoms with Gasteiger partial charge in [-0.3, -0.25) is 9.78 Å². The van der Waals surface area contributed by atoms with Crippen molar-refractivity contribution in [1.82, 2.24) is 10.3 Å². The number of aromatic nitrogens is 1. The van der Waals surface area contributed by atoms with E-state index in [1.807, 2.05) is 0 Å². The van der Waals surface area contributed by atoms with Crippen LogP contribution in [0.4, 0.5) is 13.2 Å². The first kappa shape index (κ1) is 16.0. The van der Waals surface area contributed by atoms with E-state index in [1.54, 1.807) is 31.3 Å². The maximum atomic E-state index is 12.6. The highest BCUT2D eigenvalue weighted by Gasteiger charge is 2.30. The van der Waals surface area contributed by atoms with Gasteiger partial charge in [-0.15, -0.1) is 0 Å². The maximum absolute atomic E-state index is 12.6. The van der Waals surface area contributed by atoms with Crippen molar-refractivity contribution in [2.24, 2.45) is 0 Å². The molecular weight excluding hydrogens is 293 g/mol. The number of hydrogen-bond acceptors (Lipinski definition) is 2. The minimum Gasteiger partial charge on any atom is -0.348 e.